The van der Waals surface area contributed by atoms with E-state index >= 15 is 0 Å². The van der Waals surface area contributed by atoms with Gasteiger partial charge in [0.2, 0.25) is 5.82 Å². The van der Waals surface area contributed by atoms with Gasteiger partial charge in [0.15, 0.2) is 0 Å². The van der Waals surface area contributed by atoms with Crippen molar-refractivity contribution in [3.8, 4) is 11.4 Å². The van der Waals surface area contributed by atoms with Crippen LogP contribution in [-0.2, 0) is 5.92 Å². The Morgan fingerprint density at radius 1 is 1.37 bits per heavy atom. The van der Waals surface area contributed by atoms with Gasteiger partial charge in [-0.3, -0.25) is 0 Å². The minimum atomic E-state index is -3.40. The van der Waals surface area contributed by atoms with Gasteiger partial charge in [0.1, 0.15) is 0 Å². The number of nitrogens with zero attached hydrogens (tertiary/aromatic N) is 2. The predicted octanol–water partition coefficient (Wildman–Crippen LogP) is 3.14. The molecule has 19 heavy (non-hydrogen) atoms. The van der Waals surface area contributed by atoms with Gasteiger partial charge in [-0.15, -0.1) is 0 Å². The first kappa shape index (κ1) is 14.1. The normalized spacial score (nSPS) is 12.7. The molecule has 0 aliphatic rings. The van der Waals surface area contributed by atoms with Gasteiger partial charge in [-0.2, -0.15) is 13.8 Å². The van der Waals surface area contributed by atoms with Gasteiger partial charge in [-0.1, -0.05) is 35.5 Å². The Morgan fingerprint density at radius 3 is 2.68 bits per heavy atom. The maximum absolute atomic E-state index is 13.7. The number of allylic oxidation sites excluding steroid dienone is 1. The molecule has 0 aliphatic carbocycles. The third-order valence-corrected chi connectivity index (χ3v) is 2.88. The molecule has 0 aliphatic heterocycles. The first-order valence-corrected chi connectivity index (χ1v) is 6.36. The van der Waals surface area contributed by atoms with Crippen LogP contribution >= 0.6 is 22.6 Å². The standard InChI is InChI=1S/C12H9F2IN2O2/c13-12(14,6-9(15)7-18)11-16-10(17-19-11)8-4-2-1-3-5-8/h1-6,18H,7H2/b9-6-. The van der Waals surface area contributed by atoms with Crippen molar-refractivity contribution in [3.05, 3.63) is 45.9 Å². The van der Waals surface area contributed by atoms with E-state index in [1.807, 2.05) is 0 Å². The molecule has 4 nitrogen and oxygen atoms in total. The molecule has 0 amide bonds. The summed E-state index contributed by atoms with van der Waals surface area (Å²) in [5.74, 6) is -4.10. The highest BCUT2D eigenvalue weighted by Crippen LogP contribution is 2.31. The van der Waals surface area contributed by atoms with E-state index in [9.17, 15) is 8.78 Å². The zero-order chi connectivity index (χ0) is 13.9. The van der Waals surface area contributed by atoms with Crippen molar-refractivity contribution in [2.24, 2.45) is 0 Å². The van der Waals surface area contributed by atoms with E-state index in [-0.39, 0.29) is 9.40 Å². The molecule has 1 N–H and O–H groups in total. The molecule has 2 rings (SSSR count). The average molecular weight is 378 g/mol. The summed E-state index contributed by atoms with van der Waals surface area (Å²) in [5, 5.41) is 12.3. The lowest BCUT2D eigenvalue weighted by Crippen LogP contribution is -2.11. The summed E-state index contributed by atoms with van der Waals surface area (Å²) < 4.78 is 32.2. The molecule has 0 fully saturated rings. The number of hydrogen-bond donors (Lipinski definition) is 1. The Labute approximate surface area is 121 Å². The minimum absolute atomic E-state index is 0.0991. The third-order valence-electron chi connectivity index (χ3n) is 2.23. The Bertz CT molecular complexity index is 584. The lowest BCUT2D eigenvalue weighted by molar-refractivity contribution is 0.0153. The maximum atomic E-state index is 13.7. The first-order valence-electron chi connectivity index (χ1n) is 5.28. The smallest absolute Gasteiger partial charge is 0.344 e. The van der Waals surface area contributed by atoms with E-state index in [0.29, 0.717) is 11.6 Å². The summed E-state index contributed by atoms with van der Waals surface area (Å²) in [6.45, 7) is -0.462. The fourth-order valence-electron chi connectivity index (χ4n) is 1.37. The van der Waals surface area contributed by atoms with Crippen molar-refractivity contribution in [2.45, 2.75) is 5.92 Å². The van der Waals surface area contributed by atoms with Crippen molar-refractivity contribution in [2.75, 3.05) is 6.61 Å². The number of rotatable bonds is 4. The topological polar surface area (TPSA) is 59.2 Å². The summed E-state index contributed by atoms with van der Waals surface area (Å²) in [5.41, 5.74) is 0.592. The van der Waals surface area contributed by atoms with Gasteiger partial charge in [0.05, 0.1) is 6.61 Å². The monoisotopic (exact) mass is 378 g/mol. The molecular weight excluding hydrogens is 369 g/mol. The van der Waals surface area contributed by atoms with Gasteiger partial charge in [0, 0.05) is 15.2 Å². The van der Waals surface area contributed by atoms with Crippen LogP contribution in [0.3, 0.4) is 0 Å². The second-order valence-corrected chi connectivity index (χ2v) is 5.05. The quantitative estimate of drug-likeness (QED) is 0.831. The van der Waals surface area contributed by atoms with Crippen LogP contribution in [0.4, 0.5) is 8.78 Å². The van der Waals surface area contributed by atoms with Gasteiger partial charge >= 0.3 is 11.8 Å². The number of aliphatic hydroxyl groups is 1. The van der Waals surface area contributed by atoms with Gasteiger partial charge in [-0.25, -0.2) is 0 Å². The Morgan fingerprint density at radius 2 is 2.05 bits per heavy atom. The molecule has 1 aromatic carbocycles. The van der Waals surface area contributed by atoms with E-state index in [1.54, 1.807) is 52.9 Å². The SMILES string of the molecule is OC/C(I)=C/C(F)(F)c1nc(-c2ccccc2)no1. The highest BCUT2D eigenvalue weighted by molar-refractivity contribution is 14.1. The van der Waals surface area contributed by atoms with Crippen molar-refractivity contribution in [1.82, 2.24) is 10.1 Å². The lowest BCUT2D eigenvalue weighted by atomic mass is 10.2. The summed E-state index contributed by atoms with van der Waals surface area (Å²) in [4.78, 5) is 3.68. The van der Waals surface area contributed by atoms with Crippen LogP contribution in [0.15, 0.2) is 44.5 Å². The zero-order valence-electron chi connectivity index (χ0n) is 9.55. The van der Waals surface area contributed by atoms with E-state index < -0.39 is 18.4 Å². The molecule has 7 heteroatoms. The van der Waals surface area contributed by atoms with Crippen molar-refractivity contribution in [1.29, 1.82) is 0 Å². The minimum Gasteiger partial charge on any atom is -0.391 e. The van der Waals surface area contributed by atoms with E-state index in [4.69, 9.17) is 5.11 Å². The number of alkyl halides is 2. The third kappa shape index (κ3) is 3.35. The Balaban J connectivity index is 2.31. The van der Waals surface area contributed by atoms with Crippen LogP contribution in [0.25, 0.3) is 11.4 Å². The molecule has 0 unspecified atom stereocenters. The fraction of sp³-hybridized carbons (Fsp3) is 0.167. The van der Waals surface area contributed by atoms with E-state index in [2.05, 4.69) is 14.7 Å². The summed E-state index contributed by atoms with van der Waals surface area (Å²) in [7, 11) is 0. The molecular formula is C12H9F2IN2O2. The van der Waals surface area contributed by atoms with Crippen LogP contribution in [0.5, 0.6) is 0 Å². The average Bonchev–Trinajstić information content (AvgIpc) is 2.89. The molecule has 0 atom stereocenters. The fourth-order valence-corrected chi connectivity index (χ4v) is 1.76. The predicted molar refractivity (Wildman–Crippen MR) is 72.8 cm³/mol. The van der Waals surface area contributed by atoms with Crippen LogP contribution < -0.4 is 0 Å². The van der Waals surface area contributed by atoms with Gasteiger partial charge < -0.3 is 9.63 Å². The van der Waals surface area contributed by atoms with E-state index in [0.717, 1.165) is 0 Å². The number of halogens is 3. The van der Waals surface area contributed by atoms with Crippen LogP contribution in [-0.4, -0.2) is 21.9 Å². The first-order chi connectivity index (χ1) is 9.03. The van der Waals surface area contributed by atoms with Crippen molar-refractivity contribution >= 4 is 22.6 Å². The van der Waals surface area contributed by atoms with Gasteiger partial charge in [0.25, 0.3) is 0 Å². The second-order valence-electron chi connectivity index (χ2n) is 3.66. The largest absolute Gasteiger partial charge is 0.391 e. The zero-order valence-corrected chi connectivity index (χ0v) is 11.7. The van der Waals surface area contributed by atoms with Crippen LogP contribution in [0.1, 0.15) is 5.89 Å². The number of aliphatic hydroxyl groups excluding tert-OH is 1. The Kier molecular flexibility index (Phi) is 4.25. The number of hydrogen-bond acceptors (Lipinski definition) is 4. The molecule has 0 spiro atoms. The van der Waals surface area contributed by atoms with Crippen LogP contribution in [0, 0.1) is 0 Å². The molecule has 0 saturated carbocycles. The molecule has 2 aromatic rings. The number of aromatic nitrogens is 2. The van der Waals surface area contributed by atoms with Crippen molar-refractivity contribution in [3.63, 3.8) is 0 Å². The lowest BCUT2D eigenvalue weighted by Gasteiger charge is -2.06. The summed E-state index contributed by atoms with van der Waals surface area (Å²) >= 11 is 1.62. The molecule has 1 heterocycles. The maximum Gasteiger partial charge on any atom is 0.344 e. The highest BCUT2D eigenvalue weighted by Gasteiger charge is 2.36. The summed E-state index contributed by atoms with van der Waals surface area (Å²) in [6, 6.07) is 8.68. The summed E-state index contributed by atoms with van der Waals surface area (Å²) in [6.07, 6.45) is 0.593. The molecule has 0 radical (unpaired) electrons. The van der Waals surface area contributed by atoms with Crippen molar-refractivity contribution < 1.29 is 18.4 Å². The van der Waals surface area contributed by atoms with Crippen LogP contribution in [0.2, 0.25) is 0 Å². The molecule has 1 aromatic heterocycles. The molecule has 0 bridgehead atoms. The number of benzene rings is 1. The molecule has 0 saturated heterocycles. The highest BCUT2D eigenvalue weighted by atomic mass is 127. The van der Waals surface area contributed by atoms with E-state index in [1.165, 1.54) is 0 Å². The Hall–Kier alpha value is -1.35. The van der Waals surface area contributed by atoms with Gasteiger partial charge in [-0.05, 0) is 22.6 Å². The molecule has 100 valence electrons. The second kappa shape index (κ2) is 5.74.